The third-order valence-electron chi connectivity index (χ3n) is 3.28. The van der Waals surface area contributed by atoms with E-state index in [0.29, 0.717) is 6.54 Å². The van der Waals surface area contributed by atoms with Gasteiger partial charge in [0.15, 0.2) is 0 Å². The summed E-state index contributed by atoms with van der Waals surface area (Å²) < 4.78 is 5.38. The maximum Gasteiger partial charge on any atom is 0.410 e. The Morgan fingerprint density at radius 1 is 1.56 bits per heavy atom. The molecule has 0 aromatic rings. The molecule has 5 heteroatoms. The quantitative estimate of drug-likeness (QED) is 0.775. The molecule has 0 saturated carbocycles. The maximum atomic E-state index is 12.1. The van der Waals surface area contributed by atoms with Gasteiger partial charge in [-0.25, -0.2) is 4.79 Å². The zero-order valence-corrected chi connectivity index (χ0v) is 11.9. The summed E-state index contributed by atoms with van der Waals surface area (Å²) in [5.74, 6) is 0. The highest BCUT2D eigenvalue weighted by Crippen LogP contribution is 2.26. The third-order valence-corrected chi connectivity index (χ3v) is 3.28. The van der Waals surface area contributed by atoms with Gasteiger partial charge in [-0.15, -0.1) is 0 Å². The first-order valence-corrected chi connectivity index (χ1v) is 6.33. The lowest BCUT2D eigenvalue weighted by molar-refractivity contribution is 0.00408. The second-order valence-corrected chi connectivity index (χ2v) is 5.94. The van der Waals surface area contributed by atoms with Crippen LogP contribution in [0.1, 0.15) is 40.5 Å². The van der Waals surface area contributed by atoms with Gasteiger partial charge in [0.05, 0.1) is 12.6 Å². The van der Waals surface area contributed by atoms with Gasteiger partial charge in [-0.3, -0.25) is 0 Å². The van der Waals surface area contributed by atoms with Gasteiger partial charge >= 0.3 is 6.09 Å². The van der Waals surface area contributed by atoms with E-state index in [0.717, 1.165) is 12.8 Å². The van der Waals surface area contributed by atoms with Crippen LogP contribution in [0.2, 0.25) is 0 Å². The van der Waals surface area contributed by atoms with Crippen molar-refractivity contribution in [1.29, 1.82) is 5.26 Å². The summed E-state index contributed by atoms with van der Waals surface area (Å²) in [4.78, 5) is 13.8. The van der Waals surface area contributed by atoms with Gasteiger partial charge in [0.1, 0.15) is 11.1 Å². The van der Waals surface area contributed by atoms with E-state index in [4.69, 9.17) is 4.74 Å². The molecule has 1 amide bonds. The second kappa shape index (κ2) is 5.15. The number of nitrogens with zero attached hydrogens (tertiary/aromatic N) is 2. The van der Waals surface area contributed by atoms with E-state index < -0.39 is 11.1 Å². The fourth-order valence-electron chi connectivity index (χ4n) is 2.05. The fourth-order valence-corrected chi connectivity index (χ4v) is 2.05. The number of rotatable bonds is 1. The van der Waals surface area contributed by atoms with Crippen LogP contribution in [0.3, 0.4) is 0 Å². The minimum Gasteiger partial charge on any atom is -0.444 e. The Morgan fingerprint density at radius 2 is 2.17 bits per heavy atom. The van der Waals surface area contributed by atoms with Crippen molar-refractivity contribution < 1.29 is 9.53 Å². The molecule has 1 aliphatic heterocycles. The van der Waals surface area contributed by atoms with Crippen LogP contribution < -0.4 is 5.32 Å². The normalized spacial score (nSPS) is 28.7. The predicted molar refractivity (Wildman–Crippen MR) is 69.0 cm³/mol. The monoisotopic (exact) mass is 253 g/mol. The molecular formula is C13H23N3O2. The smallest absolute Gasteiger partial charge is 0.410 e. The molecule has 2 unspecified atom stereocenters. The average Bonchev–Trinajstić information content (AvgIpc) is 2.28. The molecule has 0 spiro atoms. The molecule has 102 valence electrons. The first-order chi connectivity index (χ1) is 8.23. The van der Waals surface area contributed by atoms with Crippen molar-refractivity contribution in [2.24, 2.45) is 0 Å². The van der Waals surface area contributed by atoms with E-state index in [1.165, 1.54) is 0 Å². The number of carbonyl (C=O) groups is 1. The highest BCUT2D eigenvalue weighted by Gasteiger charge is 2.40. The Kier molecular flexibility index (Phi) is 4.23. The van der Waals surface area contributed by atoms with Crippen LogP contribution in [-0.4, -0.2) is 41.8 Å². The molecule has 1 rings (SSSR count). The summed E-state index contributed by atoms with van der Waals surface area (Å²) >= 11 is 0. The number of hydrogen-bond acceptors (Lipinski definition) is 4. The molecule has 0 aliphatic carbocycles. The van der Waals surface area contributed by atoms with Crippen LogP contribution >= 0.6 is 0 Å². The third kappa shape index (κ3) is 3.36. The summed E-state index contributed by atoms with van der Waals surface area (Å²) in [5.41, 5.74) is -1.16. The van der Waals surface area contributed by atoms with Gasteiger partial charge in [0.25, 0.3) is 0 Å². The predicted octanol–water partition coefficient (Wildman–Crippen LogP) is 1.89. The molecular weight excluding hydrogens is 230 g/mol. The van der Waals surface area contributed by atoms with Crippen molar-refractivity contribution in [3.63, 3.8) is 0 Å². The highest BCUT2D eigenvalue weighted by molar-refractivity contribution is 5.69. The van der Waals surface area contributed by atoms with Gasteiger partial charge in [-0.05, 0) is 47.6 Å². The van der Waals surface area contributed by atoms with Gasteiger partial charge in [-0.2, -0.15) is 5.26 Å². The molecule has 18 heavy (non-hydrogen) atoms. The van der Waals surface area contributed by atoms with Crippen LogP contribution in [0, 0.1) is 11.3 Å². The lowest BCUT2D eigenvalue weighted by Gasteiger charge is -2.42. The molecule has 0 bridgehead atoms. The summed E-state index contributed by atoms with van der Waals surface area (Å²) in [7, 11) is 1.76. The Bertz CT molecular complexity index is 356. The van der Waals surface area contributed by atoms with Crippen LogP contribution in [0.25, 0.3) is 0 Å². The number of nitrogens with one attached hydrogen (secondary N) is 1. The van der Waals surface area contributed by atoms with E-state index in [2.05, 4.69) is 11.4 Å². The minimum atomic E-state index is -0.649. The fraction of sp³-hybridized carbons (Fsp3) is 0.846. The number of piperidine rings is 1. The molecule has 5 nitrogen and oxygen atoms in total. The number of nitriles is 1. The van der Waals surface area contributed by atoms with Crippen molar-refractivity contribution in [3.8, 4) is 6.07 Å². The van der Waals surface area contributed by atoms with Crippen molar-refractivity contribution >= 4 is 6.09 Å². The Hall–Kier alpha value is -1.28. The largest absolute Gasteiger partial charge is 0.444 e. The van der Waals surface area contributed by atoms with Crippen molar-refractivity contribution in [1.82, 2.24) is 10.2 Å². The Morgan fingerprint density at radius 3 is 2.61 bits per heavy atom. The first-order valence-electron chi connectivity index (χ1n) is 6.33. The highest BCUT2D eigenvalue weighted by atomic mass is 16.6. The molecule has 1 aliphatic rings. The van der Waals surface area contributed by atoms with E-state index in [-0.39, 0.29) is 12.1 Å². The molecule has 0 aromatic carbocycles. The summed E-state index contributed by atoms with van der Waals surface area (Å²) in [6, 6.07) is 2.38. The molecule has 2 atom stereocenters. The molecule has 1 heterocycles. The molecule has 0 aromatic heterocycles. The summed E-state index contributed by atoms with van der Waals surface area (Å²) in [5, 5.41) is 12.3. The van der Waals surface area contributed by atoms with Gasteiger partial charge < -0.3 is 15.0 Å². The van der Waals surface area contributed by atoms with Crippen LogP contribution in [0.15, 0.2) is 0 Å². The Labute approximate surface area is 109 Å². The van der Waals surface area contributed by atoms with Crippen molar-refractivity contribution in [2.75, 3.05) is 13.6 Å². The zero-order chi connectivity index (χ0) is 14.0. The van der Waals surface area contributed by atoms with Crippen LogP contribution in [0.4, 0.5) is 4.79 Å². The lowest BCUT2D eigenvalue weighted by Crippen LogP contribution is -2.59. The standard InChI is InChI=1S/C13H23N3O2/c1-10-6-7-13(8-14,15-5)9-16(10)11(17)18-12(2,3)4/h10,15H,6-7,9H2,1-5H3. The van der Waals surface area contributed by atoms with Crippen LogP contribution in [-0.2, 0) is 4.74 Å². The van der Waals surface area contributed by atoms with Gasteiger partial charge in [0.2, 0.25) is 0 Å². The number of hydrogen-bond donors (Lipinski definition) is 1. The average molecular weight is 253 g/mol. The lowest BCUT2D eigenvalue weighted by atomic mass is 9.87. The number of amides is 1. The molecule has 0 radical (unpaired) electrons. The zero-order valence-electron chi connectivity index (χ0n) is 11.9. The van der Waals surface area contributed by atoms with Crippen molar-refractivity contribution in [3.05, 3.63) is 0 Å². The summed E-state index contributed by atoms with van der Waals surface area (Å²) in [6.45, 7) is 7.89. The van der Waals surface area contributed by atoms with Gasteiger partial charge in [0, 0.05) is 6.04 Å². The van der Waals surface area contributed by atoms with Crippen molar-refractivity contribution in [2.45, 2.75) is 57.7 Å². The topological polar surface area (TPSA) is 65.4 Å². The number of ether oxygens (including phenoxy) is 1. The number of likely N-dealkylation sites (tertiary alicyclic amines) is 1. The SMILES string of the molecule is CNC1(C#N)CCC(C)N(C(=O)OC(C)(C)C)C1. The maximum absolute atomic E-state index is 12.1. The van der Waals surface area contributed by atoms with E-state index in [1.54, 1.807) is 11.9 Å². The Balaban J connectivity index is 2.80. The van der Waals surface area contributed by atoms with Crippen LogP contribution in [0.5, 0.6) is 0 Å². The molecule has 1 fully saturated rings. The number of carbonyl (C=O) groups excluding carboxylic acids is 1. The van der Waals surface area contributed by atoms with E-state index in [1.807, 2.05) is 27.7 Å². The minimum absolute atomic E-state index is 0.106. The summed E-state index contributed by atoms with van der Waals surface area (Å²) in [6.07, 6.45) is 1.21. The molecule has 1 saturated heterocycles. The van der Waals surface area contributed by atoms with E-state index in [9.17, 15) is 10.1 Å². The first kappa shape index (κ1) is 14.8. The van der Waals surface area contributed by atoms with Gasteiger partial charge in [-0.1, -0.05) is 0 Å². The number of likely N-dealkylation sites (N-methyl/N-ethyl adjacent to an activating group) is 1. The molecule has 1 N–H and O–H groups in total. The van der Waals surface area contributed by atoms with E-state index >= 15 is 0 Å². The second-order valence-electron chi connectivity index (χ2n) is 5.94.